The summed E-state index contributed by atoms with van der Waals surface area (Å²) in [7, 11) is -0.0628. The average Bonchev–Trinajstić information content (AvgIpc) is 2.78. The van der Waals surface area contributed by atoms with E-state index in [4.69, 9.17) is 0 Å². The van der Waals surface area contributed by atoms with Crippen molar-refractivity contribution in [2.45, 2.75) is 11.3 Å². The molecule has 2 aromatic rings. The molecule has 1 aromatic heterocycles. The van der Waals surface area contributed by atoms with Crippen LogP contribution in [-0.4, -0.2) is 21.5 Å². The highest BCUT2D eigenvalue weighted by Crippen LogP contribution is 2.27. The van der Waals surface area contributed by atoms with Crippen molar-refractivity contribution in [3.63, 3.8) is 0 Å². The summed E-state index contributed by atoms with van der Waals surface area (Å²) in [6.45, 7) is 5.92. The third-order valence-corrected chi connectivity index (χ3v) is 4.62. The molecule has 0 bridgehead atoms. The molecule has 88 valence electrons. The van der Waals surface area contributed by atoms with Crippen molar-refractivity contribution in [1.29, 1.82) is 0 Å². The van der Waals surface area contributed by atoms with Crippen molar-refractivity contribution in [3.8, 4) is 11.4 Å². The third-order valence-electron chi connectivity index (χ3n) is 2.34. The molecule has 2 rings (SSSR count). The van der Waals surface area contributed by atoms with Crippen LogP contribution in [0.5, 0.6) is 0 Å². The molecule has 0 saturated carbocycles. The SMILES string of the molecule is C=C(C)c1ccc(-c2nsc(S(=C)C)n2)cc1. The predicted octanol–water partition coefficient (Wildman–Crippen LogP) is 3.93. The zero-order valence-electron chi connectivity index (χ0n) is 9.93. The van der Waals surface area contributed by atoms with E-state index in [1.165, 1.54) is 11.5 Å². The normalized spacial score (nSPS) is 12.4. The van der Waals surface area contributed by atoms with Gasteiger partial charge < -0.3 is 0 Å². The van der Waals surface area contributed by atoms with Gasteiger partial charge in [-0.15, -0.1) is 10.5 Å². The Morgan fingerprint density at radius 1 is 1.29 bits per heavy atom. The molecule has 0 aliphatic heterocycles. The fourth-order valence-electron chi connectivity index (χ4n) is 1.37. The van der Waals surface area contributed by atoms with Gasteiger partial charge in [-0.05, 0) is 30.3 Å². The maximum absolute atomic E-state index is 4.49. The van der Waals surface area contributed by atoms with Crippen LogP contribution in [0.25, 0.3) is 17.0 Å². The van der Waals surface area contributed by atoms with Crippen molar-refractivity contribution in [2.75, 3.05) is 6.26 Å². The van der Waals surface area contributed by atoms with E-state index in [-0.39, 0.29) is 10.5 Å². The summed E-state index contributed by atoms with van der Waals surface area (Å²) in [6.07, 6.45) is 2.05. The Kier molecular flexibility index (Phi) is 3.54. The zero-order chi connectivity index (χ0) is 12.4. The molecule has 4 heteroatoms. The number of benzene rings is 1. The van der Waals surface area contributed by atoms with E-state index in [1.807, 2.05) is 31.2 Å². The first kappa shape index (κ1) is 12.2. The Hall–Kier alpha value is -1.26. The van der Waals surface area contributed by atoms with Crippen LogP contribution in [0.1, 0.15) is 12.5 Å². The third kappa shape index (κ3) is 2.70. The second kappa shape index (κ2) is 4.94. The Morgan fingerprint density at radius 3 is 2.41 bits per heavy atom. The highest BCUT2D eigenvalue weighted by Gasteiger charge is 2.06. The minimum absolute atomic E-state index is 0.0628. The predicted molar refractivity (Wildman–Crippen MR) is 79.0 cm³/mol. The summed E-state index contributed by atoms with van der Waals surface area (Å²) in [4.78, 5) is 4.49. The molecular weight excluding hydrogens is 248 g/mol. The second-order valence-corrected chi connectivity index (χ2v) is 6.55. The first-order valence-electron chi connectivity index (χ1n) is 5.13. The van der Waals surface area contributed by atoms with Crippen LogP contribution < -0.4 is 0 Å². The molecule has 0 aliphatic rings. The minimum atomic E-state index is -0.0628. The van der Waals surface area contributed by atoms with Crippen LogP contribution in [0.15, 0.2) is 35.2 Å². The highest BCUT2D eigenvalue weighted by atomic mass is 32.2. The molecule has 1 unspecified atom stereocenters. The van der Waals surface area contributed by atoms with E-state index >= 15 is 0 Å². The van der Waals surface area contributed by atoms with Gasteiger partial charge in [0, 0.05) is 5.56 Å². The lowest BCUT2D eigenvalue weighted by atomic mass is 10.1. The van der Waals surface area contributed by atoms with Crippen molar-refractivity contribution in [3.05, 3.63) is 36.4 Å². The van der Waals surface area contributed by atoms with Gasteiger partial charge in [-0.1, -0.05) is 42.3 Å². The molecule has 2 nitrogen and oxygen atoms in total. The summed E-state index contributed by atoms with van der Waals surface area (Å²) in [5.41, 5.74) is 3.26. The number of hydrogen-bond acceptors (Lipinski definition) is 3. The van der Waals surface area contributed by atoms with Crippen molar-refractivity contribution >= 4 is 33.5 Å². The number of nitrogens with zero attached hydrogens (tertiary/aromatic N) is 2. The number of rotatable bonds is 3. The maximum Gasteiger partial charge on any atom is 0.174 e. The number of allylic oxidation sites excluding steroid dienone is 1. The molecule has 0 N–H and O–H groups in total. The first-order valence-corrected chi connectivity index (χ1v) is 7.71. The van der Waals surface area contributed by atoms with Crippen molar-refractivity contribution in [2.24, 2.45) is 0 Å². The van der Waals surface area contributed by atoms with Gasteiger partial charge in [-0.25, -0.2) is 4.98 Å². The van der Waals surface area contributed by atoms with Crippen LogP contribution in [0.2, 0.25) is 0 Å². The van der Waals surface area contributed by atoms with Gasteiger partial charge in [0.25, 0.3) is 0 Å². The maximum atomic E-state index is 4.49. The fourth-order valence-corrected chi connectivity index (χ4v) is 2.67. The summed E-state index contributed by atoms with van der Waals surface area (Å²) >= 11 is 1.43. The molecule has 0 fully saturated rings. The monoisotopic (exact) mass is 262 g/mol. The molecule has 17 heavy (non-hydrogen) atoms. The summed E-state index contributed by atoms with van der Waals surface area (Å²) in [6, 6.07) is 8.17. The van der Waals surface area contributed by atoms with Crippen LogP contribution >= 0.6 is 22.0 Å². The first-order chi connectivity index (χ1) is 8.08. The summed E-state index contributed by atoms with van der Waals surface area (Å²) < 4.78 is 5.36. The topological polar surface area (TPSA) is 25.8 Å². The molecule has 1 heterocycles. The van der Waals surface area contributed by atoms with Crippen LogP contribution in [0.4, 0.5) is 0 Å². The fraction of sp³-hybridized carbons (Fsp3) is 0.154. The van der Waals surface area contributed by atoms with Gasteiger partial charge in [0.1, 0.15) is 0 Å². The Labute approximate surface area is 108 Å². The number of aromatic nitrogens is 2. The van der Waals surface area contributed by atoms with Crippen LogP contribution in [-0.2, 0) is 0 Å². The lowest BCUT2D eigenvalue weighted by Gasteiger charge is -2.00. The molecule has 0 radical (unpaired) electrons. The lowest BCUT2D eigenvalue weighted by Crippen LogP contribution is -1.82. The van der Waals surface area contributed by atoms with Gasteiger partial charge in [0.15, 0.2) is 10.2 Å². The van der Waals surface area contributed by atoms with E-state index in [0.29, 0.717) is 0 Å². The van der Waals surface area contributed by atoms with E-state index in [2.05, 4.69) is 28.1 Å². The smallest absolute Gasteiger partial charge is 0.174 e. The van der Waals surface area contributed by atoms with Gasteiger partial charge in [-0.2, -0.15) is 4.37 Å². The van der Waals surface area contributed by atoms with E-state index < -0.39 is 0 Å². The Bertz CT molecular complexity index is 567. The Balaban J connectivity index is 2.33. The van der Waals surface area contributed by atoms with Crippen molar-refractivity contribution < 1.29 is 0 Å². The van der Waals surface area contributed by atoms with Gasteiger partial charge in [0.05, 0.1) is 0 Å². The highest BCUT2D eigenvalue weighted by molar-refractivity contribution is 8.14. The molecule has 0 aliphatic carbocycles. The molecule has 0 spiro atoms. The molecule has 0 saturated heterocycles. The molecule has 1 aromatic carbocycles. The van der Waals surface area contributed by atoms with Crippen LogP contribution in [0.3, 0.4) is 0 Å². The zero-order valence-corrected chi connectivity index (χ0v) is 11.6. The largest absolute Gasteiger partial charge is 0.209 e. The quantitative estimate of drug-likeness (QED) is 0.783. The van der Waals surface area contributed by atoms with Crippen LogP contribution in [0, 0.1) is 0 Å². The minimum Gasteiger partial charge on any atom is -0.209 e. The standard InChI is InChI=1S/C13H14N2S2/c1-9(2)10-5-7-11(8-6-10)12-14-13(16-15-12)17(3)4/h5-8H,1,3H2,2,4H3. The van der Waals surface area contributed by atoms with E-state index in [0.717, 1.165) is 26.9 Å². The lowest BCUT2D eigenvalue weighted by molar-refractivity contribution is 1.22. The van der Waals surface area contributed by atoms with Crippen molar-refractivity contribution in [1.82, 2.24) is 9.36 Å². The van der Waals surface area contributed by atoms with E-state index in [1.54, 1.807) is 0 Å². The summed E-state index contributed by atoms with van der Waals surface area (Å²) in [5, 5.41) is 0. The molecular formula is C13H14N2S2. The number of hydrogen-bond donors (Lipinski definition) is 0. The Morgan fingerprint density at radius 2 is 1.94 bits per heavy atom. The van der Waals surface area contributed by atoms with Gasteiger partial charge in [-0.3, -0.25) is 0 Å². The molecule has 0 amide bonds. The summed E-state index contributed by atoms with van der Waals surface area (Å²) in [5.74, 6) is 4.77. The van der Waals surface area contributed by atoms with E-state index in [9.17, 15) is 0 Å². The van der Waals surface area contributed by atoms with Gasteiger partial charge >= 0.3 is 0 Å². The second-order valence-electron chi connectivity index (χ2n) is 3.88. The van der Waals surface area contributed by atoms with Gasteiger partial charge in [0.2, 0.25) is 0 Å². The average molecular weight is 262 g/mol. The molecule has 1 atom stereocenters.